The fourth-order valence-corrected chi connectivity index (χ4v) is 3.06. The third kappa shape index (κ3) is 6.67. The number of halogens is 1. The van der Waals surface area contributed by atoms with Crippen LogP contribution in [-0.2, 0) is 4.74 Å². The third-order valence-electron chi connectivity index (χ3n) is 3.68. The number of ether oxygens (including phenoxy) is 1. The molecule has 0 radical (unpaired) electrons. The van der Waals surface area contributed by atoms with E-state index in [1.807, 2.05) is 0 Å². The molecule has 1 aliphatic rings. The molecule has 0 aromatic rings. The van der Waals surface area contributed by atoms with E-state index in [0.717, 1.165) is 12.8 Å². The van der Waals surface area contributed by atoms with Gasteiger partial charge in [0.1, 0.15) is 0 Å². The van der Waals surface area contributed by atoms with E-state index in [4.69, 9.17) is 16.3 Å². The van der Waals surface area contributed by atoms with Gasteiger partial charge in [-0.2, -0.15) is 0 Å². The van der Waals surface area contributed by atoms with Crippen molar-refractivity contribution in [3.8, 4) is 0 Å². The summed E-state index contributed by atoms with van der Waals surface area (Å²) in [6.07, 6.45) is 13.2. The van der Waals surface area contributed by atoms with E-state index in [1.54, 1.807) is 0 Å². The first-order chi connectivity index (χ1) is 8.26. The van der Waals surface area contributed by atoms with Crippen LogP contribution in [0.4, 0.5) is 0 Å². The van der Waals surface area contributed by atoms with E-state index < -0.39 is 0 Å². The largest absolute Gasteiger partial charge is 0.375 e. The molecule has 1 nitrogen and oxygen atoms in total. The molecule has 1 fully saturated rings. The molecule has 1 aliphatic heterocycles. The van der Waals surface area contributed by atoms with Crippen LogP contribution in [0.3, 0.4) is 0 Å². The molecule has 0 aromatic carbocycles. The smallest absolute Gasteiger partial charge is 0.0593 e. The van der Waals surface area contributed by atoms with Crippen LogP contribution >= 0.6 is 11.6 Å². The second-order valence-electron chi connectivity index (χ2n) is 5.44. The number of hydrogen-bond donors (Lipinski definition) is 0. The minimum absolute atomic E-state index is 0.349. The molecule has 0 saturated carbocycles. The maximum Gasteiger partial charge on any atom is 0.0593 e. The lowest BCUT2D eigenvalue weighted by atomic mass is 9.96. The summed E-state index contributed by atoms with van der Waals surface area (Å²) in [5.74, 6) is 0. The normalized spacial score (nSPS) is 29.5. The van der Waals surface area contributed by atoms with E-state index in [-0.39, 0.29) is 0 Å². The van der Waals surface area contributed by atoms with Crippen LogP contribution in [0.2, 0.25) is 0 Å². The van der Waals surface area contributed by atoms with Crippen molar-refractivity contribution >= 4 is 11.6 Å². The molecule has 1 heterocycles. The lowest BCUT2D eigenvalue weighted by Gasteiger charge is -2.33. The minimum atomic E-state index is 0.349. The van der Waals surface area contributed by atoms with Gasteiger partial charge in [-0.1, -0.05) is 52.4 Å². The monoisotopic (exact) mass is 260 g/mol. The van der Waals surface area contributed by atoms with Crippen LogP contribution in [0.25, 0.3) is 0 Å². The van der Waals surface area contributed by atoms with Crippen molar-refractivity contribution in [2.24, 2.45) is 0 Å². The molecule has 1 unspecified atom stereocenters. The SMILES string of the molecule is CCCCC[C@@H]1CC(Cl)C[C@H](CCCCC)O1. The Kier molecular flexibility index (Phi) is 8.30. The van der Waals surface area contributed by atoms with Gasteiger partial charge in [0.15, 0.2) is 0 Å². The fraction of sp³-hybridized carbons (Fsp3) is 1.00. The van der Waals surface area contributed by atoms with Crippen molar-refractivity contribution in [3.05, 3.63) is 0 Å². The average Bonchev–Trinajstić information content (AvgIpc) is 2.29. The summed E-state index contributed by atoms with van der Waals surface area (Å²) in [5.41, 5.74) is 0. The predicted molar refractivity (Wildman–Crippen MR) is 75.8 cm³/mol. The minimum Gasteiger partial charge on any atom is -0.375 e. The lowest BCUT2D eigenvalue weighted by molar-refractivity contribution is -0.0561. The van der Waals surface area contributed by atoms with Crippen LogP contribution < -0.4 is 0 Å². The molecule has 0 aliphatic carbocycles. The number of unbranched alkanes of at least 4 members (excludes halogenated alkanes) is 4. The summed E-state index contributed by atoms with van der Waals surface area (Å²) in [6.45, 7) is 4.50. The van der Waals surface area contributed by atoms with Crippen molar-refractivity contribution in [3.63, 3.8) is 0 Å². The number of hydrogen-bond acceptors (Lipinski definition) is 1. The van der Waals surface area contributed by atoms with E-state index in [9.17, 15) is 0 Å². The maximum atomic E-state index is 6.35. The van der Waals surface area contributed by atoms with Crippen molar-refractivity contribution in [1.29, 1.82) is 0 Å². The molecule has 0 aromatic heterocycles. The van der Waals surface area contributed by atoms with Gasteiger partial charge < -0.3 is 4.74 Å². The van der Waals surface area contributed by atoms with Gasteiger partial charge in [-0.3, -0.25) is 0 Å². The molecule has 102 valence electrons. The molecule has 1 rings (SSSR count). The number of rotatable bonds is 8. The van der Waals surface area contributed by atoms with Gasteiger partial charge in [0, 0.05) is 5.38 Å². The second kappa shape index (κ2) is 9.22. The second-order valence-corrected chi connectivity index (χ2v) is 6.06. The Morgan fingerprint density at radius 3 is 1.76 bits per heavy atom. The molecule has 1 saturated heterocycles. The molecular weight excluding hydrogens is 232 g/mol. The van der Waals surface area contributed by atoms with Crippen LogP contribution in [0.5, 0.6) is 0 Å². The average molecular weight is 261 g/mol. The van der Waals surface area contributed by atoms with Gasteiger partial charge in [-0.25, -0.2) is 0 Å². The van der Waals surface area contributed by atoms with Crippen LogP contribution in [0.1, 0.15) is 78.1 Å². The van der Waals surface area contributed by atoms with Gasteiger partial charge in [0.05, 0.1) is 12.2 Å². The first-order valence-corrected chi connectivity index (χ1v) is 7.99. The Morgan fingerprint density at radius 2 is 1.35 bits per heavy atom. The zero-order chi connectivity index (χ0) is 12.5. The fourth-order valence-electron chi connectivity index (χ4n) is 2.67. The maximum absolute atomic E-state index is 6.35. The van der Waals surface area contributed by atoms with E-state index in [1.165, 1.54) is 51.4 Å². The summed E-state index contributed by atoms with van der Waals surface area (Å²) in [4.78, 5) is 0. The summed E-state index contributed by atoms with van der Waals surface area (Å²) in [6, 6.07) is 0. The number of alkyl halides is 1. The van der Waals surface area contributed by atoms with Crippen LogP contribution in [-0.4, -0.2) is 17.6 Å². The molecule has 0 amide bonds. The summed E-state index contributed by atoms with van der Waals surface area (Å²) >= 11 is 6.35. The zero-order valence-corrected chi connectivity index (χ0v) is 12.3. The van der Waals surface area contributed by atoms with Gasteiger partial charge in [-0.15, -0.1) is 11.6 Å². The third-order valence-corrected chi connectivity index (χ3v) is 4.04. The first kappa shape index (κ1) is 15.3. The molecule has 0 N–H and O–H groups in total. The van der Waals surface area contributed by atoms with Crippen molar-refractivity contribution < 1.29 is 4.74 Å². The van der Waals surface area contributed by atoms with Gasteiger partial charge in [0.25, 0.3) is 0 Å². The molecule has 0 spiro atoms. The highest BCUT2D eigenvalue weighted by Gasteiger charge is 2.27. The molecular formula is C15H29ClO. The van der Waals surface area contributed by atoms with Crippen LogP contribution in [0, 0.1) is 0 Å². The highest BCUT2D eigenvalue weighted by atomic mass is 35.5. The van der Waals surface area contributed by atoms with Crippen molar-refractivity contribution in [1.82, 2.24) is 0 Å². The Bertz CT molecular complexity index is 166. The van der Waals surface area contributed by atoms with E-state index in [2.05, 4.69) is 13.8 Å². The van der Waals surface area contributed by atoms with Gasteiger partial charge >= 0.3 is 0 Å². The topological polar surface area (TPSA) is 9.23 Å². The Hall–Kier alpha value is 0.250. The lowest BCUT2D eigenvalue weighted by Crippen LogP contribution is -2.33. The van der Waals surface area contributed by atoms with E-state index >= 15 is 0 Å². The first-order valence-electron chi connectivity index (χ1n) is 7.55. The van der Waals surface area contributed by atoms with Crippen LogP contribution in [0.15, 0.2) is 0 Å². The van der Waals surface area contributed by atoms with E-state index in [0.29, 0.717) is 17.6 Å². The quantitative estimate of drug-likeness (QED) is 0.425. The Balaban J connectivity index is 2.21. The summed E-state index contributed by atoms with van der Waals surface area (Å²) in [5, 5.41) is 0.349. The zero-order valence-electron chi connectivity index (χ0n) is 11.6. The molecule has 3 atom stereocenters. The Labute approximate surface area is 112 Å². The van der Waals surface area contributed by atoms with Crippen molar-refractivity contribution in [2.45, 2.75) is 95.6 Å². The molecule has 2 heteroatoms. The summed E-state index contributed by atoms with van der Waals surface area (Å²) < 4.78 is 6.17. The highest BCUT2D eigenvalue weighted by Crippen LogP contribution is 2.29. The summed E-state index contributed by atoms with van der Waals surface area (Å²) in [7, 11) is 0. The van der Waals surface area contributed by atoms with Gasteiger partial charge in [0.2, 0.25) is 0 Å². The van der Waals surface area contributed by atoms with Gasteiger partial charge in [-0.05, 0) is 25.7 Å². The van der Waals surface area contributed by atoms with Crippen molar-refractivity contribution in [2.75, 3.05) is 0 Å². The standard InChI is InChI=1S/C15H29ClO/c1-3-5-7-9-14-11-13(16)12-15(17-14)10-8-6-4-2/h13-15H,3-12H2,1-2H3/t13?,14-,15+. The highest BCUT2D eigenvalue weighted by molar-refractivity contribution is 6.20. The molecule has 0 bridgehead atoms. The molecule has 17 heavy (non-hydrogen) atoms. The Morgan fingerprint density at radius 1 is 0.882 bits per heavy atom. The predicted octanol–water partition coefficient (Wildman–Crippen LogP) is 5.30.